The fraction of sp³-hybridized carbons (Fsp3) is 0.368. The van der Waals surface area contributed by atoms with Gasteiger partial charge in [-0.15, -0.1) is 0 Å². The summed E-state index contributed by atoms with van der Waals surface area (Å²) in [5, 5.41) is 10.7. The van der Waals surface area contributed by atoms with E-state index in [-0.39, 0.29) is 4.87 Å². The molecule has 1 aliphatic heterocycles. The number of benzene rings is 1. The van der Waals surface area contributed by atoms with E-state index in [2.05, 4.69) is 12.4 Å². The van der Waals surface area contributed by atoms with Gasteiger partial charge in [-0.2, -0.15) is 5.26 Å². The number of nitrogens with zero attached hydrogens (tertiary/aromatic N) is 4. The normalized spacial score (nSPS) is 15.5. The summed E-state index contributed by atoms with van der Waals surface area (Å²) < 4.78 is 3.73. The van der Waals surface area contributed by atoms with Crippen molar-refractivity contribution in [1.29, 1.82) is 5.26 Å². The van der Waals surface area contributed by atoms with Crippen LogP contribution >= 0.6 is 29.8 Å². The molecule has 0 amide bonds. The molecule has 0 unspecified atom stereocenters. The molecule has 0 saturated carbocycles. The van der Waals surface area contributed by atoms with Crippen LogP contribution in [0.25, 0.3) is 6.08 Å². The van der Waals surface area contributed by atoms with Gasteiger partial charge in [0.25, 0.3) is 0 Å². The van der Waals surface area contributed by atoms with Gasteiger partial charge in [-0.1, -0.05) is 24.8 Å². The Balaban J connectivity index is 2.17. The zero-order chi connectivity index (χ0) is 19.8. The van der Waals surface area contributed by atoms with Crippen molar-refractivity contribution >= 4 is 47.9 Å². The Morgan fingerprint density at radius 2 is 2.04 bits per heavy atom. The van der Waals surface area contributed by atoms with E-state index in [1.165, 1.54) is 0 Å². The quantitative estimate of drug-likeness (QED) is 0.549. The van der Waals surface area contributed by atoms with Gasteiger partial charge < -0.3 is 0 Å². The number of rotatable bonds is 3. The number of fused-ring (bicyclic) bond motifs is 1. The molecule has 8 heteroatoms. The van der Waals surface area contributed by atoms with Crippen molar-refractivity contribution in [2.24, 2.45) is 4.99 Å². The van der Waals surface area contributed by atoms with E-state index in [9.17, 15) is 10.1 Å². The number of aryl methyl sites for hydroxylation is 1. The Morgan fingerprint density at radius 3 is 2.67 bits per heavy atom. The molecule has 5 nitrogen and oxygen atoms in total. The number of halogens is 1. The van der Waals surface area contributed by atoms with Crippen molar-refractivity contribution in [1.82, 2.24) is 9.36 Å². The minimum atomic E-state index is -1.70. The molecule has 1 aromatic carbocycles. The molecular formula is C19H22ClN4OPS. The van der Waals surface area contributed by atoms with Crippen LogP contribution in [0.1, 0.15) is 24.0 Å². The van der Waals surface area contributed by atoms with Crippen LogP contribution in [0, 0.1) is 18.3 Å². The summed E-state index contributed by atoms with van der Waals surface area (Å²) >= 11 is 7.58. The topological polar surface area (TPSA) is 63.1 Å². The molecular weight excluding hydrogens is 399 g/mol. The van der Waals surface area contributed by atoms with Gasteiger partial charge in [-0.05, 0) is 73.8 Å². The molecule has 0 saturated heterocycles. The van der Waals surface area contributed by atoms with Crippen molar-refractivity contribution in [3.8, 4) is 6.07 Å². The fourth-order valence-electron chi connectivity index (χ4n) is 2.92. The lowest BCUT2D eigenvalue weighted by Gasteiger charge is -2.16. The van der Waals surface area contributed by atoms with Crippen LogP contribution in [0.15, 0.2) is 27.2 Å². The average Bonchev–Trinajstić information content (AvgIpc) is 2.91. The van der Waals surface area contributed by atoms with Gasteiger partial charge in [0.15, 0.2) is 0 Å². The van der Waals surface area contributed by atoms with E-state index < -0.39 is 6.89 Å². The third-order valence-electron chi connectivity index (χ3n) is 4.48. The molecule has 1 aromatic heterocycles. The molecule has 142 valence electrons. The standard InChI is InChI=1S/C19H22ClN4OPS/c1-13-9-16(20)14(10-15(12-21)26(2,3)4)11-17(13)22-18-23-7-5-6-8-24(23)19(25)27-18/h9-11H,2,5-8H2,1,3-4H3/b15-10+,22-18?. The Labute approximate surface area is 167 Å². The summed E-state index contributed by atoms with van der Waals surface area (Å²) in [5.74, 6) is 0. The van der Waals surface area contributed by atoms with Gasteiger partial charge in [0, 0.05) is 18.1 Å². The van der Waals surface area contributed by atoms with Crippen LogP contribution in [0.4, 0.5) is 5.69 Å². The zero-order valence-electron chi connectivity index (χ0n) is 15.7. The van der Waals surface area contributed by atoms with E-state index in [1.54, 1.807) is 4.68 Å². The third-order valence-corrected chi connectivity index (χ3v) is 7.21. The Bertz CT molecular complexity index is 1140. The second kappa shape index (κ2) is 7.67. The highest BCUT2D eigenvalue weighted by Gasteiger charge is 2.14. The SMILES string of the molecule is C=P(C)(C)/C(C#N)=C/c1cc(N=c2sc(=O)n3n2CCCC3)c(C)cc1Cl. The number of nitriles is 1. The van der Waals surface area contributed by atoms with Crippen molar-refractivity contribution < 1.29 is 0 Å². The molecule has 1 aliphatic rings. The highest BCUT2D eigenvalue weighted by molar-refractivity contribution is 7.76. The van der Waals surface area contributed by atoms with Crippen molar-refractivity contribution in [3.05, 3.63) is 48.1 Å². The summed E-state index contributed by atoms with van der Waals surface area (Å²) in [6.07, 6.45) is 8.02. The minimum Gasteiger partial charge on any atom is -0.256 e. The van der Waals surface area contributed by atoms with Crippen LogP contribution in [0.5, 0.6) is 0 Å². The maximum atomic E-state index is 12.2. The van der Waals surface area contributed by atoms with E-state index in [4.69, 9.17) is 16.6 Å². The lowest BCUT2D eigenvalue weighted by atomic mass is 10.1. The fourth-order valence-corrected chi connectivity index (χ4v) is 4.84. The molecule has 2 aromatic rings. The predicted octanol–water partition coefficient (Wildman–Crippen LogP) is 4.27. The highest BCUT2D eigenvalue weighted by atomic mass is 35.5. The first-order valence-corrected chi connectivity index (χ1v) is 12.7. The van der Waals surface area contributed by atoms with Crippen molar-refractivity contribution in [2.45, 2.75) is 32.9 Å². The van der Waals surface area contributed by atoms with Crippen LogP contribution in [0.2, 0.25) is 5.02 Å². The van der Waals surface area contributed by atoms with Crippen LogP contribution in [0.3, 0.4) is 0 Å². The maximum absolute atomic E-state index is 12.2. The second-order valence-electron chi connectivity index (χ2n) is 7.20. The van der Waals surface area contributed by atoms with Crippen molar-refractivity contribution in [2.75, 3.05) is 13.3 Å². The van der Waals surface area contributed by atoms with Gasteiger partial charge in [-0.3, -0.25) is 9.48 Å². The number of hydrogen-bond donors (Lipinski definition) is 0. The summed E-state index contributed by atoms with van der Waals surface area (Å²) in [6, 6.07) is 5.99. The lowest BCUT2D eigenvalue weighted by molar-refractivity contribution is 0.345. The molecule has 0 aliphatic carbocycles. The number of aromatic nitrogens is 2. The van der Waals surface area contributed by atoms with Crippen LogP contribution in [-0.2, 0) is 13.1 Å². The lowest BCUT2D eigenvalue weighted by Crippen LogP contribution is -2.31. The molecule has 0 N–H and O–H groups in total. The predicted molar refractivity (Wildman–Crippen MR) is 117 cm³/mol. The Kier molecular flexibility index (Phi) is 5.67. The number of hydrogen-bond acceptors (Lipinski definition) is 4. The third kappa shape index (κ3) is 4.21. The first-order chi connectivity index (χ1) is 12.7. The van der Waals surface area contributed by atoms with Gasteiger partial charge in [0.1, 0.15) is 0 Å². The zero-order valence-corrected chi connectivity index (χ0v) is 18.2. The average molecular weight is 421 g/mol. The molecule has 2 heterocycles. The molecule has 0 fully saturated rings. The number of allylic oxidation sites excluding steroid dienone is 1. The smallest absolute Gasteiger partial charge is 0.256 e. The Hall–Kier alpha value is -1.80. The van der Waals surface area contributed by atoms with E-state index >= 15 is 0 Å². The first kappa shape index (κ1) is 19.9. The highest BCUT2D eigenvalue weighted by Crippen LogP contribution is 2.46. The molecule has 27 heavy (non-hydrogen) atoms. The van der Waals surface area contributed by atoms with E-state index in [0.29, 0.717) is 15.1 Å². The van der Waals surface area contributed by atoms with Gasteiger partial charge in [0.2, 0.25) is 4.80 Å². The van der Waals surface area contributed by atoms with Gasteiger partial charge in [-0.25, -0.2) is 9.67 Å². The van der Waals surface area contributed by atoms with Crippen molar-refractivity contribution in [3.63, 3.8) is 0 Å². The summed E-state index contributed by atoms with van der Waals surface area (Å²) in [6.45, 7) is 5.78. The first-order valence-electron chi connectivity index (χ1n) is 8.67. The second-order valence-corrected chi connectivity index (χ2v) is 12.4. The summed E-state index contributed by atoms with van der Waals surface area (Å²) in [5.41, 5.74) is 2.43. The molecule has 0 bridgehead atoms. The Morgan fingerprint density at radius 1 is 1.37 bits per heavy atom. The molecule has 0 atom stereocenters. The molecule has 0 spiro atoms. The van der Waals surface area contributed by atoms with Crippen LogP contribution in [-0.4, -0.2) is 29.0 Å². The van der Waals surface area contributed by atoms with Gasteiger partial charge >= 0.3 is 4.87 Å². The minimum absolute atomic E-state index is 0.0237. The molecule has 3 rings (SSSR count). The summed E-state index contributed by atoms with van der Waals surface area (Å²) in [7, 11) is 0. The summed E-state index contributed by atoms with van der Waals surface area (Å²) in [4.78, 5) is 17.7. The molecule has 0 radical (unpaired) electrons. The van der Waals surface area contributed by atoms with Crippen LogP contribution < -0.4 is 9.67 Å². The van der Waals surface area contributed by atoms with E-state index in [0.717, 1.165) is 54.1 Å². The monoisotopic (exact) mass is 420 g/mol. The largest absolute Gasteiger partial charge is 0.325 e. The maximum Gasteiger partial charge on any atom is 0.325 e. The van der Waals surface area contributed by atoms with E-state index in [1.807, 2.05) is 43.1 Å². The van der Waals surface area contributed by atoms with Gasteiger partial charge in [0.05, 0.1) is 17.1 Å².